The summed E-state index contributed by atoms with van der Waals surface area (Å²) < 4.78 is 10.8. The molecule has 1 saturated heterocycles. The number of furan rings is 1. The number of rotatable bonds is 7. The Balaban J connectivity index is 0.00000261. The number of ether oxygens (including phenoxy) is 1. The van der Waals surface area contributed by atoms with Gasteiger partial charge in [0.05, 0.1) is 19.5 Å². The third-order valence-electron chi connectivity index (χ3n) is 4.43. The highest BCUT2D eigenvalue weighted by molar-refractivity contribution is 14.0. The molecule has 1 aliphatic rings. The van der Waals surface area contributed by atoms with Crippen molar-refractivity contribution in [1.82, 2.24) is 15.5 Å². The molecular formula is C20H29IN4O2. The van der Waals surface area contributed by atoms with Crippen molar-refractivity contribution >= 4 is 29.9 Å². The van der Waals surface area contributed by atoms with Gasteiger partial charge in [-0.3, -0.25) is 9.89 Å². The van der Waals surface area contributed by atoms with Gasteiger partial charge in [0.25, 0.3) is 0 Å². The quantitative estimate of drug-likeness (QED) is 0.360. The van der Waals surface area contributed by atoms with Gasteiger partial charge < -0.3 is 19.8 Å². The number of hydrogen-bond donors (Lipinski definition) is 2. The zero-order valence-electron chi connectivity index (χ0n) is 15.8. The molecule has 6 nitrogen and oxygen atoms in total. The van der Waals surface area contributed by atoms with E-state index in [1.165, 1.54) is 11.1 Å². The van der Waals surface area contributed by atoms with Gasteiger partial charge in [-0.1, -0.05) is 24.3 Å². The van der Waals surface area contributed by atoms with Crippen molar-refractivity contribution in [2.75, 3.05) is 39.9 Å². The summed E-state index contributed by atoms with van der Waals surface area (Å²) in [6.07, 6.45) is 2.54. The van der Waals surface area contributed by atoms with Gasteiger partial charge in [-0.2, -0.15) is 0 Å². The van der Waals surface area contributed by atoms with Crippen molar-refractivity contribution < 1.29 is 9.15 Å². The molecule has 0 spiro atoms. The first-order valence-electron chi connectivity index (χ1n) is 9.18. The van der Waals surface area contributed by atoms with Crippen LogP contribution < -0.4 is 10.6 Å². The van der Waals surface area contributed by atoms with Crippen LogP contribution in [0.3, 0.4) is 0 Å². The largest absolute Gasteiger partial charge is 0.469 e. The molecule has 1 fully saturated rings. The highest BCUT2D eigenvalue weighted by Crippen LogP contribution is 2.10. The molecule has 2 N–H and O–H groups in total. The summed E-state index contributed by atoms with van der Waals surface area (Å²) in [6.45, 7) is 6.20. The lowest BCUT2D eigenvalue weighted by molar-refractivity contribution is 0.0342. The molecule has 27 heavy (non-hydrogen) atoms. The van der Waals surface area contributed by atoms with Crippen LogP contribution in [-0.4, -0.2) is 50.8 Å². The smallest absolute Gasteiger partial charge is 0.191 e. The Bertz CT molecular complexity index is 685. The first-order chi connectivity index (χ1) is 12.8. The Hall–Kier alpha value is -1.58. The van der Waals surface area contributed by atoms with Crippen LogP contribution in [0, 0.1) is 0 Å². The Morgan fingerprint density at radius 1 is 1.11 bits per heavy atom. The number of nitrogens with one attached hydrogen (secondary N) is 2. The number of aliphatic imine (C=N–C) groups is 1. The van der Waals surface area contributed by atoms with E-state index in [2.05, 4.69) is 44.8 Å². The number of hydrogen-bond acceptors (Lipinski definition) is 4. The lowest BCUT2D eigenvalue weighted by atomic mass is 10.1. The molecule has 2 aromatic rings. The fourth-order valence-corrected chi connectivity index (χ4v) is 3.02. The minimum Gasteiger partial charge on any atom is -0.469 e. The topological polar surface area (TPSA) is 62.0 Å². The van der Waals surface area contributed by atoms with E-state index in [4.69, 9.17) is 9.15 Å². The highest BCUT2D eigenvalue weighted by Gasteiger charge is 2.10. The molecular weight excluding hydrogens is 455 g/mol. The Morgan fingerprint density at radius 2 is 1.93 bits per heavy atom. The molecule has 148 valence electrons. The van der Waals surface area contributed by atoms with Crippen LogP contribution in [-0.2, 0) is 24.2 Å². The molecule has 1 aromatic heterocycles. The minimum absolute atomic E-state index is 0. The average Bonchev–Trinajstić information content (AvgIpc) is 3.19. The summed E-state index contributed by atoms with van der Waals surface area (Å²) >= 11 is 0. The minimum atomic E-state index is 0. The maximum atomic E-state index is 5.42. The summed E-state index contributed by atoms with van der Waals surface area (Å²) in [5, 5.41) is 6.69. The number of guanidine groups is 1. The van der Waals surface area contributed by atoms with E-state index in [0.29, 0.717) is 0 Å². The number of halogens is 1. The van der Waals surface area contributed by atoms with Gasteiger partial charge in [-0.05, 0) is 23.3 Å². The molecule has 0 aliphatic carbocycles. The van der Waals surface area contributed by atoms with Crippen LogP contribution in [0.4, 0.5) is 0 Å². The van der Waals surface area contributed by atoms with E-state index < -0.39 is 0 Å². The van der Waals surface area contributed by atoms with E-state index in [0.717, 1.165) is 64.1 Å². The molecule has 0 bridgehead atoms. The Labute approximate surface area is 178 Å². The molecule has 3 rings (SSSR count). The molecule has 0 amide bonds. The fraction of sp³-hybridized carbons (Fsp3) is 0.450. The predicted octanol–water partition coefficient (Wildman–Crippen LogP) is 2.64. The SMILES string of the molecule is CN=C(NCCc1ccco1)NCc1cccc(CN2CCOCC2)c1.I. The zero-order chi connectivity index (χ0) is 18.0. The normalized spacial score (nSPS) is 15.2. The predicted molar refractivity (Wildman–Crippen MR) is 119 cm³/mol. The number of morpholine rings is 1. The number of nitrogens with zero attached hydrogens (tertiary/aromatic N) is 2. The lowest BCUT2D eigenvalue weighted by Gasteiger charge is -2.26. The van der Waals surface area contributed by atoms with E-state index in [9.17, 15) is 0 Å². The summed E-state index contributed by atoms with van der Waals surface area (Å²) in [5.41, 5.74) is 2.59. The van der Waals surface area contributed by atoms with Gasteiger partial charge in [-0.25, -0.2) is 0 Å². The van der Waals surface area contributed by atoms with E-state index in [-0.39, 0.29) is 24.0 Å². The van der Waals surface area contributed by atoms with E-state index in [1.54, 1.807) is 13.3 Å². The molecule has 0 unspecified atom stereocenters. The maximum absolute atomic E-state index is 5.42. The zero-order valence-corrected chi connectivity index (χ0v) is 18.1. The second-order valence-electron chi connectivity index (χ2n) is 6.39. The monoisotopic (exact) mass is 484 g/mol. The van der Waals surface area contributed by atoms with Gasteiger partial charge in [-0.15, -0.1) is 24.0 Å². The first-order valence-corrected chi connectivity index (χ1v) is 9.18. The van der Waals surface area contributed by atoms with Crippen LogP contribution in [0.5, 0.6) is 0 Å². The van der Waals surface area contributed by atoms with Crippen LogP contribution in [0.15, 0.2) is 52.1 Å². The second-order valence-corrected chi connectivity index (χ2v) is 6.39. The van der Waals surface area contributed by atoms with Crippen molar-refractivity contribution in [3.63, 3.8) is 0 Å². The highest BCUT2D eigenvalue weighted by atomic mass is 127. The van der Waals surface area contributed by atoms with E-state index >= 15 is 0 Å². The van der Waals surface area contributed by atoms with Gasteiger partial charge >= 0.3 is 0 Å². The van der Waals surface area contributed by atoms with Gasteiger partial charge in [0.2, 0.25) is 0 Å². The van der Waals surface area contributed by atoms with Crippen LogP contribution in [0.2, 0.25) is 0 Å². The first kappa shape index (κ1) is 21.7. The number of benzene rings is 1. The van der Waals surface area contributed by atoms with Gasteiger partial charge in [0.1, 0.15) is 5.76 Å². The van der Waals surface area contributed by atoms with Crippen LogP contribution in [0.1, 0.15) is 16.9 Å². The van der Waals surface area contributed by atoms with Crippen LogP contribution in [0.25, 0.3) is 0 Å². The third kappa shape index (κ3) is 7.51. The molecule has 0 radical (unpaired) electrons. The molecule has 2 heterocycles. The second kappa shape index (κ2) is 12.0. The standard InChI is InChI=1S/C20H28N4O2.HI/c1-21-20(22-8-7-19-6-3-11-26-19)23-15-17-4-2-5-18(14-17)16-24-9-12-25-13-10-24;/h2-6,11,14H,7-10,12-13,15-16H2,1H3,(H2,21,22,23);1H. The maximum Gasteiger partial charge on any atom is 0.191 e. The van der Waals surface area contributed by atoms with Crippen molar-refractivity contribution in [2.24, 2.45) is 4.99 Å². The van der Waals surface area contributed by atoms with Crippen LogP contribution >= 0.6 is 24.0 Å². The van der Waals surface area contributed by atoms with Gasteiger partial charge in [0, 0.05) is 46.2 Å². The van der Waals surface area contributed by atoms with Crippen molar-refractivity contribution in [3.05, 3.63) is 59.5 Å². The summed E-state index contributed by atoms with van der Waals surface area (Å²) in [6, 6.07) is 12.6. The van der Waals surface area contributed by atoms with E-state index in [1.807, 2.05) is 12.1 Å². The summed E-state index contributed by atoms with van der Waals surface area (Å²) in [5.74, 6) is 1.78. The Morgan fingerprint density at radius 3 is 2.67 bits per heavy atom. The van der Waals surface area contributed by atoms with Crippen molar-refractivity contribution in [2.45, 2.75) is 19.5 Å². The molecule has 1 aromatic carbocycles. The van der Waals surface area contributed by atoms with Crippen molar-refractivity contribution in [3.8, 4) is 0 Å². The van der Waals surface area contributed by atoms with Gasteiger partial charge in [0.15, 0.2) is 5.96 Å². The Kier molecular flexibility index (Phi) is 9.65. The molecule has 0 atom stereocenters. The molecule has 1 aliphatic heterocycles. The molecule has 0 saturated carbocycles. The third-order valence-corrected chi connectivity index (χ3v) is 4.43. The molecule has 7 heteroatoms. The van der Waals surface area contributed by atoms with Crippen molar-refractivity contribution in [1.29, 1.82) is 0 Å². The average molecular weight is 484 g/mol. The summed E-state index contributed by atoms with van der Waals surface area (Å²) in [7, 11) is 1.79. The lowest BCUT2D eigenvalue weighted by Crippen LogP contribution is -2.38. The summed E-state index contributed by atoms with van der Waals surface area (Å²) in [4.78, 5) is 6.72. The fourth-order valence-electron chi connectivity index (χ4n) is 3.02.